The molecule has 2 heteroatoms. The standard InChI is InChI=1S/C15H13NO/c1-9-3-5-13-11(7-9)15(17)12-8-10(2)4-6-14(12)16-13/h3-8H,1-2H3,(H,16,17). The number of aromatic nitrogens is 1. The molecule has 0 spiro atoms. The van der Waals surface area contributed by atoms with Crippen molar-refractivity contribution in [3.8, 4) is 0 Å². The van der Waals surface area contributed by atoms with Gasteiger partial charge in [-0.2, -0.15) is 0 Å². The molecule has 1 aromatic heterocycles. The van der Waals surface area contributed by atoms with Crippen molar-refractivity contribution >= 4 is 21.8 Å². The monoisotopic (exact) mass is 223 g/mol. The van der Waals surface area contributed by atoms with Crippen LogP contribution in [0.5, 0.6) is 0 Å². The summed E-state index contributed by atoms with van der Waals surface area (Å²) < 4.78 is 0. The first-order chi connectivity index (χ1) is 8.15. The highest BCUT2D eigenvalue weighted by Crippen LogP contribution is 2.16. The number of nitrogens with one attached hydrogen (secondary N) is 1. The van der Waals surface area contributed by atoms with Crippen LogP contribution in [-0.4, -0.2) is 4.98 Å². The predicted molar refractivity (Wildman–Crippen MR) is 71.5 cm³/mol. The summed E-state index contributed by atoms with van der Waals surface area (Å²) in [4.78, 5) is 15.7. The second-order valence-electron chi connectivity index (χ2n) is 4.55. The van der Waals surface area contributed by atoms with Gasteiger partial charge in [-0.05, 0) is 38.1 Å². The lowest BCUT2D eigenvalue weighted by Crippen LogP contribution is -2.04. The van der Waals surface area contributed by atoms with Crippen LogP contribution in [0.4, 0.5) is 0 Å². The molecule has 0 saturated carbocycles. The molecule has 0 unspecified atom stereocenters. The summed E-state index contributed by atoms with van der Waals surface area (Å²) in [5, 5.41) is 1.53. The molecular weight excluding hydrogens is 210 g/mol. The van der Waals surface area contributed by atoms with E-state index in [-0.39, 0.29) is 5.43 Å². The Balaban J connectivity index is 2.58. The number of hydrogen-bond donors (Lipinski definition) is 1. The van der Waals surface area contributed by atoms with Gasteiger partial charge in [0, 0.05) is 21.8 Å². The van der Waals surface area contributed by atoms with Gasteiger partial charge in [0.1, 0.15) is 0 Å². The van der Waals surface area contributed by atoms with Gasteiger partial charge in [-0.25, -0.2) is 0 Å². The summed E-state index contributed by atoms with van der Waals surface area (Å²) >= 11 is 0. The SMILES string of the molecule is Cc1ccc2[nH]c3ccc(C)cc3c(=O)c2c1. The minimum absolute atomic E-state index is 0.112. The Morgan fingerprint density at radius 1 is 0.824 bits per heavy atom. The van der Waals surface area contributed by atoms with Gasteiger partial charge in [0.15, 0.2) is 5.43 Å². The third kappa shape index (κ3) is 1.53. The molecule has 1 heterocycles. The molecule has 0 saturated heterocycles. The molecule has 0 amide bonds. The molecule has 0 aliphatic rings. The number of aryl methyl sites for hydroxylation is 2. The van der Waals surface area contributed by atoms with E-state index in [2.05, 4.69) is 4.98 Å². The van der Waals surface area contributed by atoms with Gasteiger partial charge < -0.3 is 4.98 Å². The van der Waals surface area contributed by atoms with Crippen molar-refractivity contribution in [1.82, 2.24) is 4.98 Å². The maximum absolute atomic E-state index is 12.4. The Bertz CT molecular complexity index is 721. The van der Waals surface area contributed by atoms with E-state index in [9.17, 15) is 4.79 Å². The lowest BCUT2D eigenvalue weighted by molar-refractivity contribution is 1.42. The van der Waals surface area contributed by atoms with Crippen molar-refractivity contribution in [3.63, 3.8) is 0 Å². The normalized spacial score (nSPS) is 11.2. The second kappa shape index (κ2) is 3.45. The van der Waals surface area contributed by atoms with E-state index in [1.54, 1.807) is 0 Å². The molecule has 0 aliphatic carbocycles. The molecule has 0 atom stereocenters. The molecule has 3 rings (SSSR count). The first-order valence-corrected chi connectivity index (χ1v) is 5.68. The van der Waals surface area contributed by atoms with Crippen molar-refractivity contribution in [1.29, 1.82) is 0 Å². The van der Waals surface area contributed by atoms with E-state index in [0.29, 0.717) is 0 Å². The summed E-state index contributed by atoms with van der Waals surface area (Å²) in [6.07, 6.45) is 0. The molecule has 2 nitrogen and oxygen atoms in total. The second-order valence-corrected chi connectivity index (χ2v) is 4.55. The van der Waals surface area contributed by atoms with Crippen LogP contribution in [0.1, 0.15) is 11.1 Å². The molecule has 0 fully saturated rings. The molecule has 1 N–H and O–H groups in total. The highest BCUT2D eigenvalue weighted by Gasteiger charge is 2.05. The molecule has 2 aromatic carbocycles. The zero-order valence-electron chi connectivity index (χ0n) is 9.87. The molecule has 0 radical (unpaired) electrons. The molecular formula is C15H13NO. The van der Waals surface area contributed by atoms with E-state index in [1.165, 1.54) is 0 Å². The average molecular weight is 223 g/mol. The first kappa shape index (κ1) is 10.1. The van der Waals surface area contributed by atoms with Crippen molar-refractivity contribution in [2.24, 2.45) is 0 Å². The molecule has 0 bridgehead atoms. The van der Waals surface area contributed by atoms with Crippen LogP contribution in [0.15, 0.2) is 41.2 Å². The fraction of sp³-hybridized carbons (Fsp3) is 0.133. The third-order valence-electron chi connectivity index (χ3n) is 3.11. The highest BCUT2D eigenvalue weighted by molar-refractivity contribution is 5.92. The molecule has 84 valence electrons. The third-order valence-corrected chi connectivity index (χ3v) is 3.11. The lowest BCUT2D eigenvalue weighted by Gasteiger charge is -2.04. The topological polar surface area (TPSA) is 32.9 Å². The number of pyridine rings is 1. The van der Waals surface area contributed by atoms with Gasteiger partial charge in [-0.1, -0.05) is 23.3 Å². The minimum Gasteiger partial charge on any atom is -0.354 e. The van der Waals surface area contributed by atoms with Crippen molar-refractivity contribution in [3.05, 3.63) is 57.7 Å². The number of hydrogen-bond acceptors (Lipinski definition) is 1. The number of benzene rings is 2. The van der Waals surface area contributed by atoms with E-state index >= 15 is 0 Å². The molecule has 17 heavy (non-hydrogen) atoms. The minimum atomic E-state index is 0.112. The van der Waals surface area contributed by atoms with Crippen LogP contribution >= 0.6 is 0 Å². The van der Waals surface area contributed by atoms with Crippen LogP contribution in [-0.2, 0) is 0 Å². The van der Waals surface area contributed by atoms with Gasteiger partial charge in [-0.3, -0.25) is 4.79 Å². The number of fused-ring (bicyclic) bond motifs is 2. The Kier molecular flexibility index (Phi) is 2.05. The van der Waals surface area contributed by atoms with Crippen LogP contribution < -0.4 is 5.43 Å². The van der Waals surface area contributed by atoms with E-state index in [1.807, 2.05) is 50.2 Å². The predicted octanol–water partition coefficient (Wildman–Crippen LogP) is 3.30. The maximum atomic E-state index is 12.4. The van der Waals surface area contributed by atoms with Gasteiger partial charge in [0.2, 0.25) is 0 Å². The van der Waals surface area contributed by atoms with Crippen LogP contribution in [0.25, 0.3) is 21.8 Å². The van der Waals surface area contributed by atoms with Gasteiger partial charge in [0.05, 0.1) is 0 Å². The first-order valence-electron chi connectivity index (χ1n) is 5.68. The smallest absolute Gasteiger partial charge is 0.197 e. The fourth-order valence-electron chi connectivity index (χ4n) is 2.20. The van der Waals surface area contributed by atoms with E-state index in [4.69, 9.17) is 0 Å². The van der Waals surface area contributed by atoms with E-state index < -0.39 is 0 Å². The Morgan fingerprint density at radius 3 is 1.76 bits per heavy atom. The Labute approximate surface area is 98.9 Å². The average Bonchev–Trinajstić information content (AvgIpc) is 2.32. The Morgan fingerprint density at radius 2 is 1.29 bits per heavy atom. The number of rotatable bonds is 0. The van der Waals surface area contributed by atoms with Crippen molar-refractivity contribution in [2.45, 2.75) is 13.8 Å². The number of aromatic amines is 1. The van der Waals surface area contributed by atoms with Gasteiger partial charge in [-0.15, -0.1) is 0 Å². The largest absolute Gasteiger partial charge is 0.354 e. The van der Waals surface area contributed by atoms with Crippen molar-refractivity contribution in [2.75, 3.05) is 0 Å². The van der Waals surface area contributed by atoms with Crippen LogP contribution in [0.3, 0.4) is 0 Å². The quantitative estimate of drug-likeness (QED) is 0.583. The summed E-state index contributed by atoms with van der Waals surface area (Å²) in [6.45, 7) is 4.00. The summed E-state index contributed by atoms with van der Waals surface area (Å²) in [5.74, 6) is 0. The maximum Gasteiger partial charge on any atom is 0.197 e. The van der Waals surface area contributed by atoms with Gasteiger partial charge in [0.25, 0.3) is 0 Å². The zero-order chi connectivity index (χ0) is 12.0. The summed E-state index contributed by atoms with van der Waals surface area (Å²) in [7, 11) is 0. The van der Waals surface area contributed by atoms with Crippen LogP contribution in [0, 0.1) is 13.8 Å². The van der Waals surface area contributed by atoms with Crippen LogP contribution in [0.2, 0.25) is 0 Å². The molecule has 3 aromatic rings. The summed E-state index contributed by atoms with van der Waals surface area (Å²) in [6, 6.07) is 11.8. The zero-order valence-corrected chi connectivity index (χ0v) is 9.87. The summed E-state index contributed by atoms with van der Waals surface area (Å²) in [5.41, 5.74) is 4.13. The highest BCUT2D eigenvalue weighted by atomic mass is 16.1. The van der Waals surface area contributed by atoms with Gasteiger partial charge >= 0.3 is 0 Å². The number of H-pyrrole nitrogens is 1. The Hall–Kier alpha value is -2.09. The fourth-order valence-corrected chi connectivity index (χ4v) is 2.20. The molecule has 0 aliphatic heterocycles. The lowest BCUT2D eigenvalue weighted by atomic mass is 10.1. The van der Waals surface area contributed by atoms with E-state index in [0.717, 1.165) is 32.9 Å². The van der Waals surface area contributed by atoms with Crippen molar-refractivity contribution < 1.29 is 0 Å².